The number of anilines is 2. The molecule has 2 nitrogen and oxygen atoms in total. The van der Waals surface area contributed by atoms with E-state index in [1.807, 2.05) is 0 Å². The third-order valence-corrected chi connectivity index (χ3v) is 4.33. The third kappa shape index (κ3) is 6.33. The quantitative estimate of drug-likeness (QED) is 0.325. The van der Waals surface area contributed by atoms with E-state index in [9.17, 15) is 0 Å². The lowest BCUT2D eigenvalue weighted by molar-refractivity contribution is 1.07. The molecule has 0 atom stereocenters. The van der Waals surface area contributed by atoms with Crippen molar-refractivity contribution in [3.8, 4) is 0 Å². The van der Waals surface area contributed by atoms with Crippen LogP contribution in [0.1, 0.15) is 33.4 Å². The zero-order chi connectivity index (χ0) is 21.2. The predicted molar refractivity (Wildman–Crippen MR) is 128 cm³/mol. The number of hydrogen-bond donors (Lipinski definition) is 0. The fourth-order valence-corrected chi connectivity index (χ4v) is 3.67. The highest BCUT2D eigenvalue weighted by atomic mass is 36.0. The molecule has 0 aliphatic carbocycles. The Morgan fingerprint density at radius 3 is 1.11 bits per heavy atom. The average molecular weight is 474 g/mol. The van der Waals surface area contributed by atoms with Crippen LogP contribution in [0.25, 0.3) is 0 Å². The van der Waals surface area contributed by atoms with E-state index >= 15 is 0 Å². The standard InChI is InChI=1S/C21H24N2.Cl4Si/c1-14-9-16(3)20(17(4)10-14)22-7-8-23(13-22)21-18(5)11-15(2)12-19(21)6;1-5(2,3)4/h7-12H,1-6H3;. The molecule has 0 N–H and O–H groups in total. The van der Waals surface area contributed by atoms with Crippen molar-refractivity contribution in [1.29, 1.82) is 0 Å². The minimum atomic E-state index is -2.72. The number of halogens is 4. The first-order chi connectivity index (χ1) is 12.9. The molecule has 0 unspecified atom stereocenters. The van der Waals surface area contributed by atoms with Crippen LogP contribution in [0.4, 0.5) is 11.4 Å². The Kier molecular flexibility index (Phi) is 7.80. The van der Waals surface area contributed by atoms with Gasteiger partial charge in [-0.15, -0.1) is 44.3 Å². The molecule has 0 aromatic heterocycles. The summed E-state index contributed by atoms with van der Waals surface area (Å²) in [5.74, 6) is 0. The molecule has 28 heavy (non-hydrogen) atoms. The highest BCUT2D eigenvalue weighted by Gasteiger charge is 2.23. The summed E-state index contributed by atoms with van der Waals surface area (Å²) < 4.78 is 0. The second-order valence-electron chi connectivity index (χ2n) is 7.06. The first-order valence-corrected chi connectivity index (χ1v) is 14.9. The molecular weight excluding hydrogens is 450 g/mol. The number of benzene rings is 2. The molecule has 2 aromatic rings. The van der Waals surface area contributed by atoms with E-state index in [0.29, 0.717) is 0 Å². The van der Waals surface area contributed by atoms with Crippen molar-refractivity contribution >= 4 is 61.0 Å². The van der Waals surface area contributed by atoms with Gasteiger partial charge in [-0.3, -0.25) is 0 Å². The van der Waals surface area contributed by atoms with E-state index < -0.39 is 5.31 Å². The van der Waals surface area contributed by atoms with Crippen molar-refractivity contribution in [1.82, 2.24) is 0 Å². The summed E-state index contributed by atoms with van der Waals surface area (Å²) in [4.78, 5) is 4.20. The molecule has 2 aromatic carbocycles. The van der Waals surface area contributed by atoms with Gasteiger partial charge in [0.15, 0.2) is 0 Å². The van der Waals surface area contributed by atoms with Crippen LogP contribution in [0.3, 0.4) is 0 Å². The number of aryl methyl sites for hydroxylation is 6. The van der Waals surface area contributed by atoms with Gasteiger partial charge in [-0.1, -0.05) is 35.4 Å². The molecule has 0 saturated carbocycles. The molecule has 7 heteroatoms. The summed E-state index contributed by atoms with van der Waals surface area (Å²) in [6.45, 7) is 16.4. The topological polar surface area (TPSA) is 6.48 Å². The maximum atomic E-state index is 4.97. The second-order valence-corrected chi connectivity index (χ2v) is 18.2. The lowest BCUT2D eigenvalue weighted by atomic mass is 10.0. The van der Waals surface area contributed by atoms with E-state index in [0.717, 1.165) is 0 Å². The van der Waals surface area contributed by atoms with Crippen LogP contribution in [0, 0.1) is 48.2 Å². The van der Waals surface area contributed by atoms with Gasteiger partial charge in [-0.05, 0) is 63.8 Å². The van der Waals surface area contributed by atoms with Gasteiger partial charge in [0.1, 0.15) is 0 Å². The van der Waals surface area contributed by atoms with Gasteiger partial charge in [0.25, 0.3) is 0 Å². The summed E-state index contributed by atoms with van der Waals surface area (Å²) in [7, 11) is 0. The van der Waals surface area contributed by atoms with E-state index in [-0.39, 0.29) is 0 Å². The minimum Gasteiger partial charge on any atom is -0.315 e. The van der Waals surface area contributed by atoms with Crippen LogP contribution in [-0.2, 0) is 0 Å². The van der Waals surface area contributed by atoms with Crippen LogP contribution in [0.15, 0.2) is 36.7 Å². The minimum absolute atomic E-state index is 1.22. The Bertz CT molecular complexity index is 773. The lowest BCUT2D eigenvalue weighted by Crippen LogP contribution is -2.21. The molecule has 1 aliphatic heterocycles. The summed E-state index contributed by atoms with van der Waals surface area (Å²) in [6, 6.07) is 8.90. The van der Waals surface area contributed by atoms with Crippen LogP contribution in [0.2, 0.25) is 0 Å². The lowest BCUT2D eigenvalue weighted by Gasteiger charge is -2.25. The molecule has 1 heterocycles. The van der Waals surface area contributed by atoms with Crippen molar-refractivity contribution in [3.63, 3.8) is 0 Å². The number of hydrogen-bond acceptors (Lipinski definition) is 2. The predicted octanol–water partition coefficient (Wildman–Crippen LogP) is 7.71. The Morgan fingerprint density at radius 2 is 0.857 bits per heavy atom. The summed E-state index contributed by atoms with van der Waals surface area (Å²) in [5.41, 5.74) is 10.1. The van der Waals surface area contributed by atoms with Crippen molar-refractivity contribution in [2.24, 2.45) is 0 Å². The molecule has 2 radical (unpaired) electrons. The highest BCUT2D eigenvalue weighted by molar-refractivity contribution is 7.81. The van der Waals surface area contributed by atoms with Gasteiger partial charge in [-0.25, -0.2) is 0 Å². The van der Waals surface area contributed by atoms with Crippen LogP contribution in [-0.4, -0.2) is 5.31 Å². The molecule has 0 saturated heterocycles. The zero-order valence-corrected chi connectivity index (χ0v) is 20.9. The molecule has 0 amide bonds. The van der Waals surface area contributed by atoms with Crippen LogP contribution in [0.5, 0.6) is 0 Å². The molecule has 0 fully saturated rings. The second kappa shape index (κ2) is 9.31. The third-order valence-electron chi connectivity index (χ3n) is 4.33. The summed E-state index contributed by atoms with van der Waals surface area (Å²) in [5, 5.41) is -2.72. The largest absolute Gasteiger partial charge is 0.440 e. The van der Waals surface area contributed by atoms with Crippen molar-refractivity contribution in [2.45, 2.75) is 41.5 Å². The van der Waals surface area contributed by atoms with E-state index in [4.69, 9.17) is 44.3 Å². The Hall–Kier alpha value is -0.843. The Balaban J connectivity index is 0.000000500. The van der Waals surface area contributed by atoms with Gasteiger partial charge in [-0.2, -0.15) is 0 Å². The summed E-state index contributed by atoms with van der Waals surface area (Å²) >= 11 is 19.9. The van der Waals surface area contributed by atoms with Gasteiger partial charge in [0.05, 0.1) is 0 Å². The first kappa shape index (κ1) is 23.4. The molecule has 0 bridgehead atoms. The Morgan fingerprint density at radius 1 is 0.607 bits per heavy atom. The van der Waals surface area contributed by atoms with Crippen molar-refractivity contribution in [2.75, 3.05) is 9.80 Å². The SMILES string of the molecule is Cc1cc(C)c(N2[C]N(c3c(C)cc(C)cc3C)C=C2)c(C)c1.Cl[Si](Cl)(Cl)Cl. The van der Waals surface area contributed by atoms with Crippen molar-refractivity contribution in [3.05, 3.63) is 76.7 Å². The van der Waals surface area contributed by atoms with Gasteiger partial charge in [0.2, 0.25) is 6.67 Å². The van der Waals surface area contributed by atoms with E-state index in [1.54, 1.807) is 0 Å². The molecule has 3 rings (SSSR count). The molecule has 0 spiro atoms. The highest BCUT2D eigenvalue weighted by Crippen LogP contribution is 2.35. The fourth-order valence-electron chi connectivity index (χ4n) is 3.67. The fraction of sp³-hybridized carbons (Fsp3) is 0.286. The van der Waals surface area contributed by atoms with Gasteiger partial charge >= 0.3 is 5.31 Å². The van der Waals surface area contributed by atoms with Crippen molar-refractivity contribution < 1.29 is 0 Å². The van der Waals surface area contributed by atoms with Crippen LogP contribution < -0.4 is 9.80 Å². The monoisotopic (exact) mass is 472 g/mol. The molecular formula is C21H24Cl4N2Si. The van der Waals surface area contributed by atoms with Crippen LogP contribution >= 0.6 is 44.3 Å². The molecule has 150 valence electrons. The van der Waals surface area contributed by atoms with Gasteiger partial charge in [0, 0.05) is 23.8 Å². The number of nitrogens with zero attached hydrogens (tertiary/aromatic N) is 2. The van der Waals surface area contributed by atoms with Gasteiger partial charge < -0.3 is 9.80 Å². The maximum absolute atomic E-state index is 4.97. The molecule has 1 aliphatic rings. The maximum Gasteiger partial charge on any atom is 0.440 e. The smallest absolute Gasteiger partial charge is 0.315 e. The zero-order valence-electron chi connectivity index (χ0n) is 16.9. The summed E-state index contributed by atoms with van der Waals surface area (Å²) in [6.07, 6.45) is 4.17. The van der Waals surface area contributed by atoms with E-state index in [1.165, 1.54) is 44.8 Å². The average Bonchev–Trinajstić information content (AvgIpc) is 2.92. The number of rotatable bonds is 2. The Labute approximate surface area is 188 Å². The van der Waals surface area contributed by atoms with E-state index in [2.05, 4.69) is 94.7 Å². The normalized spacial score (nSPS) is 13.6. The first-order valence-electron chi connectivity index (χ1n) is 8.81.